The number of unbranched alkanes of at least 4 members (excludes halogenated alkanes) is 23. The van der Waals surface area contributed by atoms with E-state index in [9.17, 15) is 9.59 Å². The summed E-state index contributed by atoms with van der Waals surface area (Å²) in [6, 6.07) is 7.53. The first-order valence-corrected chi connectivity index (χ1v) is 20.1. The SMILES string of the molecule is O=C1c2ccccc2C(=O)[N+]1(CCCCCCCCCCCCCCBr)CCCCCCCCCCCCCCCBr. The number of amides is 2. The largest absolute Gasteiger partial charge is 0.354 e. The normalized spacial score (nSPS) is 14.1. The molecule has 2 rings (SSSR count). The maximum absolute atomic E-state index is 13.6. The molecule has 0 N–H and O–H groups in total. The van der Waals surface area contributed by atoms with Crippen molar-refractivity contribution >= 4 is 43.7 Å². The first-order valence-electron chi connectivity index (χ1n) is 17.8. The molecule has 1 heterocycles. The number of alkyl halides is 2. The van der Waals surface area contributed by atoms with E-state index in [4.69, 9.17) is 0 Å². The van der Waals surface area contributed by atoms with Gasteiger partial charge in [0.25, 0.3) is 0 Å². The molecule has 240 valence electrons. The number of benzene rings is 1. The van der Waals surface area contributed by atoms with Crippen molar-refractivity contribution < 1.29 is 14.1 Å². The Balaban J connectivity index is 1.62. The number of quaternary nitrogens is 1. The van der Waals surface area contributed by atoms with Crippen LogP contribution in [0.5, 0.6) is 0 Å². The highest BCUT2D eigenvalue weighted by molar-refractivity contribution is 9.09. The fourth-order valence-electron chi connectivity index (χ4n) is 6.59. The van der Waals surface area contributed by atoms with Crippen molar-refractivity contribution in [1.29, 1.82) is 0 Å². The number of nitrogens with zero attached hydrogens (tertiary/aromatic N) is 1. The third-order valence-corrected chi connectivity index (χ3v) is 10.4. The lowest BCUT2D eigenvalue weighted by atomic mass is 10.0. The molecule has 1 aliphatic rings. The number of carbonyl (C=O) groups excluding carboxylic acids is 2. The topological polar surface area (TPSA) is 34.1 Å². The zero-order chi connectivity index (χ0) is 30.1. The lowest BCUT2D eigenvalue weighted by Gasteiger charge is -2.29. The number of halogens is 2. The Morgan fingerprint density at radius 1 is 0.381 bits per heavy atom. The molecule has 1 aromatic rings. The fourth-order valence-corrected chi connectivity index (χ4v) is 7.39. The van der Waals surface area contributed by atoms with E-state index < -0.39 is 0 Å². The Hall–Kier alpha value is -0.520. The van der Waals surface area contributed by atoms with Crippen molar-refractivity contribution in [1.82, 2.24) is 0 Å². The van der Waals surface area contributed by atoms with Crippen LogP contribution in [0, 0.1) is 0 Å². The van der Waals surface area contributed by atoms with Crippen LogP contribution in [0.25, 0.3) is 0 Å². The lowest BCUT2D eigenvalue weighted by molar-refractivity contribution is -0.764. The molecule has 0 bridgehead atoms. The molecule has 0 unspecified atom stereocenters. The molecule has 0 atom stereocenters. The van der Waals surface area contributed by atoms with Gasteiger partial charge in [-0.1, -0.05) is 166 Å². The van der Waals surface area contributed by atoms with Crippen molar-refractivity contribution in [2.75, 3.05) is 23.7 Å². The third kappa shape index (κ3) is 14.5. The molecule has 0 fully saturated rings. The van der Waals surface area contributed by atoms with E-state index in [1.165, 1.54) is 135 Å². The van der Waals surface area contributed by atoms with Crippen molar-refractivity contribution in [3.8, 4) is 0 Å². The summed E-state index contributed by atoms with van der Waals surface area (Å²) < 4.78 is 0.0457. The molecule has 0 aromatic heterocycles. The summed E-state index contributed by atoms with van der Waals surface area (Å²) in [4.78, 5) is 27.2. The van der Waals surface area contributed by atoms with E-state index in [1.807, 2.05) is 24.3 Å². The van der Waals surface area contributed by atoms with Gasteiger partial charge in [-0.3, -0.25) is 0 Å². The van der Waals surface area contributed by atoms with Gasteiger partial charge in [-0.2, -0.15) is 4.48 Å². The number of carbonyl (C=O) groups is 2. The zero-order valence-corrected chi connectivity index (χ0v) is 30.0. The van der Waals surface area contributed by atoms with Crippen LogP contribution in [0.15, 0.2) is 24.3 Å². The molecule has 3 nitrogen and oxygen atoms in total. The highest BCUT2D eigenvalue weighted by Crippen LogP contribution is 2.32. The van der Waals surface area contributed by atoms with Crippen LogP contribution < -0.4 is 0 Å². The average Bonchev–Trinajstić information content (AvgIpc) is 3.21. The Kier molecular flexibility index (Phi) is 22.2. The van der Waals surface area contributed by atoms with Gasteiger partial charge in [-0.05, 0) is 50.7 Å². The van der Waals surface area contributed by atoms with Gasteiger partial charge in [0.1, 0.15) is 0 Å². The van der Waals surface area contributed by atoms with Crippen LogP contribution >= 0.6 is 31.9 Å². The molecule has 0 saturated carbocycles. The molecule has 0 radical (unpaired) electrons. The monoisotopic (exact) mass is 710 g/mol. The third-order valence-electron chi connectivity index (χ3n) is 9.26. The molecule has 1 aromatic carbocycles. The van der Waals surface area contributed by atoms with Gasteiger partial charge < -0.3 is 0 Å². The van der Waals surface area contributed by atoms with E-state index in [0.717, 1.165) is 36.3 Å². The van der Waals surface area contributed by atoms with Crippen molar-refractivity contribution in [2.45, 2.75) is 161 Å². The van der Waals surface area contributed by atoms with E-state index in [1.54, 1.807) is 0 Å². The zero-order valence-electron chi connectivity index (χ0n) is 26.8. The standard InChI is InChI=1S/C37H62Br2NO2/c38-30-24-18-14-10-6-2-1-4-8-12-16-20-26-32-40(36(41)34-28-22-23-29-35(34)37(40)42)33-27-21-17-13-9-5-3-7-11-15-19-25-31-39/h22-23,28-29H,1-21,24-27,30-33H2/q+1. The minimum Gasteiger partial charge on any atom is -0.225 e. The van der Waals surface area contributed by atoms with E-state index >= 15 is 0 Å². The Morgan fingerprint density at radius 2 is 0.619 bits per heavy atom. The number of hydrogen-bond acceptors (Lipinski definition) is 2. The molecule has 0 spiro atoms. The lowest BCUT2D eigenvalue weighted by Crippen LogP contribution is -2.54. The van der Waals surface area contributed by atoms with Crippen LogP contribution in [0.2, 0.25) is 0 Å². The van der Waals surface area contributed by atoms with E-state index in [0.29, 0.717) is 24.2 Å². The van der Waals surface area contributed by atoms with Gasteiger partial charge in [-0.15, -0.1) is 0 Å². The molecular weight excluding hydrogens is 650 g/mol. The number of rotatable bonds is 29. The van der Waals surface area contributed by atoms with E-state index in [2.05, 4.69) is 31.9 Å². The predicted octanol–water partition coefficient (Wildman–Crippen LogP) is 12.3. The minimum absolute atomic E-state index is 0.0457. The van der Waals surface area contributed by atoms with E-state index in [-0.39, 0.29) is 16.3 Å². The van der Waals surface area contributed by atoms with Gasteiger partial charge in [0, 0.05) is 10.7 Å². The molecule has 1 aliphatic heterocycles. The highest BCUT2D eigenvalue weighted by atomic mass is 79.9. The Labute approximate surface area is 276 Å². The summed E-state index contributed by atoms with van der Waals surface area (Å²) >= 11 is 7.03. The molecule has 0 saturated heterocycles. The van der Waals surface area contributed by atoms with Crippen LogP contribution in [-0.4, -0.2) is 40.0 Å². The maximum atomic E-state index is 13.6. The summed E-state index contributed by atoms with van der Waals surface area (Å²) in [7, 11) is 0. The summed E-state index contributed by atoms with van der Waals surface area (Å²) in [5.74, 6) is 0.109. The Morgan fingerprint density at radius 3 is 0.881 bits per heavy atom. The summed E-state index contributed by atoms with van der Waals surface area (Å²) in [6.45, 7) is 1.36. The summed E-state index contributed by atoms with van der Waals surface area (Å²) in [5.41, 5.74) is 1.30. The van der Waals surface area contributed by atoms with Gasteiger partial charge in [0.15, 0.2) is 0 Å². The first kappa shape index (κ1) is 37.7. The van der Waals surface area contributed by atoms with Gasteiger partial charge in [0.2, 0.25) is 0 Å². The van der Waals surface area contributed by atoms with Crippen LogP contribution in [-0.2, 0) is 0 Å². The van der Waals surface area contributed by atoms with Gasteiger partial charge >= 0.3 is 11.8 Å². The molecular formula is C37H62Br2NO2+. The number of hydrogen-bond donors (Lipinski definition) is 0. The molecule has 42 heavy (non-hydrogen) atoms. The average molecular weight is 713 g/mol. The minimum atomic E-state index is 0.0457. The highest BCUT2D eigenvalue weighted by Gasteiger charge is 2.52. The van der Waals surface area contributed by atoms with Crippen LogP contribution in [0.1, 0.15) is 181 Å². The van der Waals surface area contributed by atoms with Crippen molar-refractivity contribution in [2.24, 2.45) is 0 Å². The smallest absolute Gasteiger partial charge is 0.225 e. The predicted molar refractivity (Wildman–Crippen MR) is 188 cm³/mol. The molecule has 2 amide bonds. The van der Waals surface area contributed by atoms with Gasteiger partial charge in [-0.25, -0.2) is 9.59 Å². The second kappa shape index (κ2) is 24.8. The van der Waals surface area contributed by atoms with Crippen LogP contribution in [0.4, 0.5) is 0 Å². The summed E-state index contributed by atoms with van der Waals surface area (Å²) in [6.07, 6.45) is 32.3. The first-order chi connectivity index (χ1) is 20.7. The molecule has 5 heteroatoms. The Bertz CT molecular complexity index is 808. The van der Waals surface area contributed by atoms with Crippen molar-refractivity contribution in [3.63, 3.8) is 0 Å². The molecule has 0 aliphatic carbocycles. The second-order valence-electron chi connectivity index (χ2n) is 12.8. The van der Waals surface area contributed by atoms with Gasteiger partial charge in [0.05, 0.1) is 24.2 Å². The maximum Gasteiger partial charge on any atom is 0.354 e. The fraction of sp³-hybridized carbons (Fsp3) is 0.784. The number of fused-ring (bicyclic) bond motifs is 1. The van der Waals surface area contributed by atoms with Crippen LogP contribution in [0.3, 0.4) is 0 Å². The number of imide groups is 1. The van der Waals surface area contributed by atoms with Crippen molar-refractivity contribution in [3.05, 3.63) is 35.4 Å². The summed E-state index contributed by atoms with van der Waals surface area (Å²) in [5, 5.41) is 2.28. The second-order valence-corrected chi connectivity index (χ2v) is 14.4. The quantitative estimate of drug-likeness (QED) is 0.0359.